The molecule has 5 aromatic carbocycles. The van der Waals surface area contributed by atoms with E-state index in [4.69, 9.17) is 0 Å². The molecule has 2 aliphatic carbocycles. The maximum atomic E-state index is 13.6. The van der Waals surface area contributed by atoms with Crippen LogP contribution in [-0.4, -0.2) is 70.2 Å². The number of hydrogen-bond acceptors (Lipinski definition) is 5. The Morgan fingerprint density at radius 2 is 1.22 bits per heavy atom. The monoisotopic (exact) mass is 713 g/mol. The topological polar surface area (TPSA) is 50.0 Å². The molecule has 0 radical (unpaired) electrons. The van der Waals surface area contributed by atoms with Crippen LogP contribution < -0.4 is 4.90 Å². The lowest BCUT2D eigenvalue weighted by Gasteiger charge is -2.33. The highest BCUT2D eigenvalue weighted by atomic mass is 16.3. The summed E-state index contributed by atoms with van der Waals surface area (Å²) in [5.74, 6) is -0.446. The number of aliphatic hydroxyl groups excluding tert-OH is 1. The number of Topliss-reactive ketones (excluding diaryl/α,β-unsaturated/α-hetero) is 1. The average Bonchev–Trinajstić information content (AvgIpc) is 3.20. The second-order valence-electron chi connectivity index (χ2n) is 15.3. The number of carbonyl (C=O) groups excluding carboxylic acids is 1. The number of aliphatic hydroxyl groups is 1. The van der Waals surface area contributed by atoms with Gasteiger partial charge >= 0.3 is 0 Å². The first-order valence-corrected chi connectivity index (χ1v) is 19.7. The second-order valence-corrected chi connectivity index (χ2v) is 15.3. The Bertz CT molecular complexity index is 2290. The number of anilines is 1. The zero-order valence-corrected chi connectivity index (χ0v) is 31.4. The van der Waals surface area contributed by atoms with Crippen LogP contribution in [0.1, 0.15) is 41.7 Å². The molecular formula is C48H49N4O2+. The lowest BCUT2D eigenvalue weighted by Crippen LogP contribution is -2.37. The van der Waals surface area contributed by atoms with Gasteiger partial charge in [-0.25, -0.2) is 4.58 Å². The van der Waals surface area contributed by atoms with Crippen LogP contribution in [0.5, 0.6) is 0 Å². The fourth-order valence-electron chi connectivity index (χ4n) is 9.33. The van der Waals surface area contributed by atoms with Crippen molar-refractivity contribution < 1.29 is 14.5 Å². The first-order chi connectivity index (χ1) is 26.5. The molecule has 0 aromatic heterocycles. The summed E-state index contributed by atoms with van der Waals surface area (Å²) in [6.07, 6.45) is 8.45. The van der Waals surface area contributed by atoms with E-state index in [1.165, 1.54) is 43.8 Å². The van der Waals surface area contributed by atoms with Gasteiger partial charge in [0.05, 0.1) is 18.0 Å². The molecule has 54 heavy (non-hydrogen) atoms. The summed E-state index contributed by atoms with van der Waals surface area (Å²) in [7, 11) is 0. The zero-order chi connectivity index (χ0) is 36.8. The molecule has 0 saturated heterocycles. The molecule has 5 aromatic rings. The van der Waals surface area contributed by atoms with Crippen molar-refractivity contribution in [1.82, 2.24) is 9.80 Å². The fourth-order valence-corrected chi connectivity index (χ4v) is 9.33. The van der Waals surface area contributed by atoms with Crippen molar-refractivity contribution in [3.63, 3.8) is 0 Å². The predicted octanol–water partition coefficient (Wildman–Crippen LogP) is 8.53. The van der Waals surface area contributed by atoms with Crippen molar-refractivity contribution >= 4 is 44.3 Å². The van der Waals surface area contributed by atoms with Crippen molar-refractivity contribution in [3.8, 4) is 0 Å². The Morgan fingerprint density at radius 1 is 0.704 bits per heavy atom. The van der Waals surface area contributed by atoms with Gasteiger partial charge in [-0.1, -0.05) is 97.1 Å². The molecule has 1 unspecified atom stereocenters. The van der Waals surface area contributed by atoms with E-state index in [0.717, 1.165) is 82.4 Å². The number of allylic oxidation sites excluding steroid dienone is 6. The van der Waals surface area contributed by atoms with Gasteiger partial charge in [0.25, 0.3) is 0 Å². The van der Waals surface area contributed by atoms with Gasteiger partial charge < -0.3 is 10.0 Å². The summed E-state index contributed by atoms with van der Waals surface area (Å²) in [6.45, 7) is 13.8. The van der Waals surface area contributed by atoms with Crippen LogP contribution in [-0.2, 0) is 31.0 Å². The predicted molar refractivity (Wildman–Crippen MR) is 221 cm³/mol. The van der Waals surface area contributed by atoms with E-state index < -0.39 is 5.92 Å². The van der Waals surface area contributed by atoms with Crippen molar-refractivity contribution in [2.75, 3.05) is 44.2 Å². The van der Waals surface area contributed by atoms with E-state index in [0.29, 0.717) is 5.57 Å². The maximum absolute atomic E-state index is 13.6. The van der Waals surface area contributed by atoms with Crippen LogP contribution in [0.3, 0.4) is 0 Å². The summed E-state index contributed by atoms with van der Waals surface area (Å²) in [6, 6.07) is 34.8. The molecule has 272 valence electrons. The van der Waals surface area contributed by atoms with Gasteiger partial charge in [0.2, 0.25) is 0 Å². The van der Waals surface area contributed by atoms with E-state index >= 15 is 0 Å². The van der Waals surface area contributed by atoms with Crippen LogP contribution in [0.4, 0.5) is 5.69 Å². The standard InChI is InChI=1S/C48H48N4O2/c1-3-51(27-25-49-29-37-13-5-9-33-10-6-14-38(30-49)43(33)37)41-21-17-35(18-22-41)45-47(53)46(48(45)54)36-19-23-42(24-20-36)52(4-2)28-26-50-31-39-15-7-11-34-12-8-16-40(32-50)44(34)39/h5-24,35,45H,3-4,25-32H2,1-2H3/p+1. The SMILES string of the molecule is CCN(CCN1Cc2cccc3cccc(c23)C1)c1ccc(C2=C(O)C(C3C=CC(=[N+](CC)CCN4Cc5cccc6cccc(c56)C4)C=C3)C2=O)cc1. The summed E-state index contributed by atoms with van der Waals surface area (Å²) < 4.78 is 2.40. The minimum absolute atomic E-state index is 0.0171. The first kappa shape index (κ1) is 34.5. The lowest BCUT2D eigenvalue weighted by molar-refractivity contribution is -0.523. The molecule has 0 fully saturated rings. The molecule has 1 atom stereocenters. The van der Waals surface area contributed by atoms with E-state index in [9.17, 15) is 9.90 Å². The van der Waals surface area contributed by atoms with E-state index in [-0.39, 0.29) is 17.5 Å². The number of ketones is 1. The number of hydrogen-bond donors (Lipinski definition) is 1. The third-order valence-electron chi connectivity index (χ3n) is 12.2. The maximum Gasteiger partial charge on any atom is 0.199 e. The number of benzene rings is 5. The van der Waals surface area contributed by atoms with Crippen molar-refractivity contribution in [2.45, 2.75) is 40.0 Å². The second kappa shape index (κ2) is 14.5. The number of carbonyl (C=O) groups is 1. The molecule has 4 aliphatic rings. The number of likely N-dealkylation sites (N-methyl/N-ethyl adjacent to an activating group) is 2. The smallest absolute Gasteiger partial charge is 0.199 e. The van der Waals surface area contributed by atoms with Crippen LogP contribution >= 0.6 is 0 Å². The summed E-state index contributed by atoms with van der Waals surface area (Å²) in [4.78, 5) is 21.0. The summed E-state index contributed by atoms with van der Waals surface area (Å²) >= 11 is 0. The zero-order valence-electron chi connectivity index (χ0n) is 31.4. The van der Waals surface area contributed by atoms with Gasteiger partial charge in [-0.3, -0.25) is 14.6 Å². The van der Waals surface area contributed by atoms with Crippen LogP contribution in [0.15, 0.2) is 127 Å². The summed E-state index contributed by atoms with van der Waals surface area (Å²) in [5.41, 5.74) is 9.18. The Kier molecular flexibility index (Phi) is 9.26. The highest BCUT2D eigenvalue weighted by molar-refractivity contribution is 6.30. The molecule has 6 heteroatoms. The molecule has 2 aliphatic heterocycles. The average molecular weight is 714 g/mol. The van der Waals surface area contributed by atoms with Crippen LogP contribution in [0, 0.1) is 11.8 Å². The van der Waals surface area contributed by atoms with E-state index in [1.807, 2.05) is 12.1 Å². The van der Waals surface area contributed by atoms with Crippen molar-refractivity contribution in [3.05, 3.63) is 155 Å². The number of nitrogens with zero attached hydrogens (tertiary/aromatic N) is 4. The van der Waals surface area contributed by atoms with Crippen molar-refractivity contribution in [1.29, 1.82) is 0 Å². The van der Waals surface area contributed by atoms with Crippen LogP contribution in [0.2, 0.25) is 0 Å². The molecule has 0 bridgehead atoms. The Balaban J connectivity index is 0.814. The highest BCUT2D eigenvalue weighted by Gasteiger charge is 2.44. The highest BCUT2D eigenvalue weighted by Crippen LogP contribution is 2.42. The normalized spacial score (nSPS) is 19.5. The Labute approximate surface area is 318 Å². The van der Waals surface area contributed by atoms with Gasteiger partial charge in [-0.2, -0.15) is 0 Å². The fraction of sp³-hybridized carbons (Fsp3) is 0.292. The Hall–Kier alpha value is -5.30. The molecule has 9 rings (SSSR count). The van der Waals surface area contributed by atoms with Gasteiger partial charge in [0, 0.05) is 69.6 Å². The molecule has 2 heterocycles. The molecule has 1 N–H and O–H groups in total. The van der Waals surface area contributed by atoms with E-state index in [2.05, 4.69) is 142 Å². The van der Waals surface area contributed by atoms with Crippen molar-refractivity contribution in [2.24, 2.45) is 11.8 Å². The quantitative estimate of drug-likeness (QED) is 0.139. The minimum atomic E-state index is -0.521. The van der Waals surface area contributed by atoms with Gasteiger partial charge in [-0.05, 0) is 75.3 Å². The van der Waals surface area contributed by atoms with Gasteiger partial charge in [-0.15, -0.1) is 0 Å². The molecule has 0 saturated carbocycles. The lowest BCUT2D eigenvalue weighted by atomic mass is 9.71. The molecule has 6 nitrogen and oxygen atoms in total. The van der Waals surface area contributed by atoms with E-state index in [1.54, 1.807) is 0 Å². The Morgan fingerprint density at radius 3 is 1.70 bits per heavy atom. The van der Waals surface area contributed by atoms with Gasteiger partial charge in [0.1, 0.15) is 12.3 Å². The molecule has 0 spiro atoms. The third kappa shape index (κ3) is 6.27. The molecular weight excluding hydrogens is 665 g/mol. The number of rotatable bonds is 11. The van der Waals surface area contributed by atoms with Crippen LogP contribution in [0.25, 0.3) is 27.1 Å². The third-order valence-corrected chi connectivity index (χ3v) is 12.2. The molecule has 0 amide bonds. The van der Waals surface area contributed by atoms with Gasteiger partial charge in [0.15, 0.2) is 18.0 Å². The summed E-state index contributed by atoms with van der Waals surface area (Å²) in [5, 5.41) is 16.8. The minimum Gasteiger partial charge on any atom is -0.511 e. The first-order valence-electron chi connectivity index (χ1n) is 19.7. The largest absolute Gasteiger partial charge is 0.511 e.